The van der Waals surface area contributed by atoms with Crippen LogP contribution in [0.25, 0.3) is 0 Å². The molecule has 3 nitrogen and oxygen atoms in total. The quantitative estimate of drug-likeness (QED) is 0.809. The Morgan fingerprint density at radius 1 is 1.59 bits per heavy atom. The number of nitrogens with two attached hydrogens (primary N) is 1. The van der Waals surface area contributed by atoms with Crippen LogP contribution in [0.3, 0.4) is 0 Å². The van der Waals surface area contributed by atoms with Crippen LogP contribution in [0.4, 0.5) is 5.69 Å². The van der Waals surface area contributed by atoms with Crippen LogP contribution in [-0.4, -0.2) is 23.5 Å². The third kappa shape index (κ3) is 3.16. The van der Waals surface area contributed by atoms with Crippen molar-refractivity contribution >= 4 is 23.4 Å². The van der Waals surface area contributed by atoms with Crippen molar-refractivity contribution < 1.29 is 4.79 Å². The standard InChI is InChI=1S/C13H18N2OS/c1-9-7-10(4-5-12(9)14)13(16)15-8-11-3-2-6-17-11/h4-5,7,11H,2-3,6,8,14H2,1H3,(H,15,16). The van der Waals surface area contributed by atoms with Crippen molar-refractivity contribution in [2.75, 3.05) is 18.0 Å². The molecule has 1 fully saturated rings. The molecule has 0 spiro atoms. The molecule has 17 heavy (non-hydrogen) atoms. The van der Waals surface area contributed by atoms with E-state index >= 15 is 0 Å². The van der Waals surface area contributed by atoms with E-state index in [1.54, 1.807) is 12.1 Å². The minimum atomic E-state index is 0.000556. The smallest absolute Gasteiger partial charge is 0.251 e. The number of amides is 1. The second-order valence-electron chi connectivity index (χ2n) is 4.42. The van der Waals surface area contributed by atoms with E-state index in [1.807, 2.05) is 24.8 Å². The van der Waals surface area contributed by atoms with E-state index < -0.39 is 0 Å². The SMILES string of the molecule is Cc1cc(C(=O)NCC2CCCS2)ccc1N. The molecule has 0 aromatic heterocycles. The zero-order chi connectivity index (χ0) is 12.3. The molecule has 92 valence electrons. The third-order valence-electron chi connectivity index (χ3n) is 3.05. The van der Waals surface area contributed by atoms with Gasteiger partial charge in [-0.1, -0.05) is 0 Å². The van der Waals surface area contributed by atoms with Gasteiger partial charge in [-0.25, -0.2) is 0 Å². The number of nitrogen functional groups attached to an aromatic ring is 1. The molecule has 1 unspecified atom stereocenters. The van der Waals surface area contributed by atoms with Crippen LogP contribution in [0, 0.1) is 6.92 Å². The van der Waals surface area contributed by atoms with Gasteiger partial charge in [0.15, 0.2) is 0 Å². The zero-order valence-electron chi connectivity index (χ0n) is 10.0. The van der Waals surface area contributed by atoms with E-state index in [0.717, 1.165) is 17.8 Å². The fraction of sp³-hybridized carbons (Fsp3) is 0.462. The molecule has 1 heterocycles. The Morgan fingerprint density at radius 2 is 2.41 bits per heavy atom. The maximum Gasteiger partial charge on any atom is 0.251 e. The van der Waals surface area contributed by atoms with E-state index in [0.29, 0.717) is 10.8 Å². The first kappa shape index (κ1) is 12.3. The summed E-state index contributed by atoms with van der Waals surface area (Å²) in [4.78, 5) is 11.9. The normalized spacial score (nSPS) is 19.2. The molecule has 0 bridgehead atoms. The van der Waals surface area contributed by atoms with Crippen LogP contribution in [-0.2, 0) is 0 Å². The van der Waals surface area contributed by atoms with Gasteiger partial charge in [-0.3, -0.25) is 4.79 Å². The van der Waals surface area contributed by atoms with Crippen molar-refractivity contribution in [2.24, 2.45) is 0 Å². The summed E-state index contributed by atoms with van der Waals surface area (Å²) in [6, 6.07) is 5.40. The summed E-state index contributed by atoms with van der Waals surface area (Å²) in [6.45, 7) is 2.69. The van der Waals surface area contributed by atoms with E-state index in [2.05, 4.69) is 5.32 Å². The van der Waals surface area contributed by atoms with Crippen molar-refractivity contribution in [1.29, 1.82) is 0 Å². The number of hydrogen-bond acceptors (Lipinski definition) is 3. The number of carbonyl (C=O) groups excluding carboxylic acids is 1. The van der Waals surface area contributed by atoms with Crippen molar-refractivity contribution in [2.45, 2.75) is 25.0 Å². The molecule has 1 aliphatic heterocycles. The number of anilines is 1. The lowest BCUT2D eigenvalue weighted by molar-refractivity contribution is 0.0953. The first-order valence-corrected chi connectivity index (χ1v) is 6.97. The number of aryl methyl sites for hydroxylation is 1. The summed E-state index contributed by atoms with van der Waals surface area (Å²) in [5.41, 5.74) is 8.10. The van der Waals surface area contributed by atoms with E-state index in [1.165, 1.54) is 18.6 Å². The summed E-state index contributed by atoms with van der Waals surface area (Å²) in [5, 5.41) is 3.58. The minimum Gasteiger partial charge on any atom is -0.399 e. The Hall–Kier alpha value is -1.16. The average molecular weight is 250 g/mol. The highest BCUT2D eigenvalue weighted by Crippen LogP contribution is 2.25. The van der Waals surface area contributed by atoms with Gasteiger partial charge < -0.3 is 11.1 Å². The molecule has 1 atom stereocenters. The first-order valence-electron chi connectivity index (χ1n) is 5.93. The van der Waals surface area contributed by atoms with Crippen molar-refractivity contribution in [1.82, 2.24) is 5.32 Å². The minimum absolute atomic E-state index is 0.000556. The lowest BCUT2D eigenvalue weighted by atomic mass is 10.1. The predicted octanol–water partition coefficient (Wildman–Crippen LogP) is 2.20. The Kier molecular flexibility index (Phi) is 3.94. The molecule has 0 radical (unpaired) electrons. The topological polar surface area (TPSA) is 55.1 Å². The van der Waals surface area contributed by atoms with E-state index in [4.69, 9.17) is 5.73 Å². The molecular weight excluding hydrogens is 232 g/mol. The van der Waals surface area contributed by atoms with Crippen molar-refractivity contribution in [3.05, 3.63) is 29.3 Å². The highest BCUT2D eigenvalue weighted by atomic mass is 32.2. The van der Waals surface area contributed by atoms with Crippen molar-refractivity contribution in [3.63, 3.8) is 0 Å². The van der Waals surface area contributed by atoms with Crippen LogP contribution >= 0.6 is 11.8 Å². The number of thioether (sulfide) groups is 1. The summed E-state index contributed by atoms with van der Waals surface area (Å²) in [7, 11) is 0. The van der Waals surface area contributed by atoms with Crippen LogP contribution in [0.1, 0.15) is 28.8 Å². The number of rotatable bonds is 3. The number of hydrogen-bond donors (Lipinski definition) is 2. The monoisotopic (exact) mass is 250 g/mol. The maximum atomic E-state index is 11.9. The largest absolute Gasteiger partial charge is 0.399 e. The first-order chi connectivity index (χ1) is 8.16. The third-order valence-corrected chi connectivity index (χ3v) is 4.44. The zero-order valence-corrected chi connectivity index (χ0v) is 10.8. The maximum absolute atomic E-state index is 11.9. The summed E-state index contributed by atoms with van der Waals surface area (Å²) in [6.07, 6.45) is 2.48. The number of carbonyl (C=O) groups is 1. The average Bonchev–Trinajstić information content (AvgIpc) is 2.82. The Bertz CT molecular complexity index is 414. The fourth-order valence-electron chi connectivity index (χ4n) is 1.93. The van der Waals surface area contributed by atoms with Gasteiger partial charge in [0.1, 0.15) is 0 Å². The van der Waals surface area contributed by atoms with Gasteiger partial charge in [0, 0.05) is 23.0 Å². The van der Waals surface area contributed by atoms with Crippen LogP contribution in [0.5, 0.6) is 0 Å². The van der Waals surface area contributed by atoms with Gasteiger partial charge in [0.05, 0.1) is 0 Å². The van der Waals surface area contributed by atoms with Gasteiger partial charge >= 0.3 is 0 Å². The van der Waals surface area contributed by atoms with Gasteiger partial charge in [0.2, 0.25) is 0 Å². The molecular formula is C13H18N2OS. The number of benzene rings is 1. The molecule has 3 N–H and O–H groups in total. The molecule has 2 rings (SSSR count). The van der Waals surface area contributed by atoms with Crippen LogP contribution in [0.2, 0.25) is 0 Å². The Morgan fingerprint density at radius 3 is 3.06 bits per heavy atom. The molecule has 4 heteroatoms. The van der Waals surface area contributed by atoms with Crippen LogP contribution < -0.4 is 11.1 Å². The molecule has 0 aliphatic carbocycles. The van der Waals surface area contributed by atoms with Crippen LogP contribution in [0.15, 0.2) is 18.2 Å². The lowest BCUT2D eigenvalue weighted by Gasteiger charge is -2.10. The highest BCUT2D eigenvalue weighted by molar-refractivity contribution is 8.00. The highest BCUT2D eigenvalue weighted by Gasteiger charge is 2.16. The summed E-state index contributed by atoms with van der Waals surface area (Å²) in [5.74, 6) is 1.22. The molecule has 1 aliphatic rings. The van der Waals surface area contributed by atoms with Gasteiger partial charge in [-0.05, 0) is 49.3 Å². The number of nitrogens with one attached hydrogen (secondary N) is 1. The molecule has 1 aromatic carbocycles. The fourth-order valence-corrected chi connectivity index (χ4v) is 3.13. The second kappa shape index (κ2) is 5.45. The summed E-state index contributed by atoms with van der Waals surface area (Å²) >= 11 is 1.95. The Labute approximate surface area is 106 Å². The van der Waals surface area contributed by atoms with E-state index in [-0.39, 0.29) is 5.91 Å². The lowest BCUT2D eigenvalue weighted by Crippen LogP contribution is -2.29. The van der Waals surface area contributed by atoms with Gasteiger partial charge in [-0.2, -0.15) is 11.8 Å². The van der Waals surface area contributed by atoms with Crippen molar-refractivity contribution in [3.8, 4) is 0 Å². The molecule has 1 amide bonds. The summed E-state index contributed by atoms with van der Waals surface area (Å²) < 4.78 is 0. The Balaban J connectivity index is 1.92. The predicted molar refractivity (Wildman–Crippen MR) is 73.4 cm³/mol. The van der Waals surface area contributed by atoms with Gasteiger partial charge in [-0.15, -0.1) is 0 Å². The second-order valence-corrected chi connectivity index (χ2v) is 5.82. The van der Waals surface area contributed by atoms with Gasteiger partial charge in [0.25, 0.3) is 5.91 Å². The molecule has 1 saturated heterocycles. The van der Waals surface area contributed by atoms with E-state index in [9.17, 15) is 4.79 Å². The molecule has 0 saturated carbocycles. The molecule has 1 aromatic rings.